The molecular weight excluding hydrogens is 214 g/mol. The first kappa shape index (κ1) is 14.5. The average molecular weight is 241 g/mol. The maximum absolute atomic E-state index is 11.5. The van der Waals surface area contributed by atoms with Gasteiger partial charge in [0, 0.05) is 12.5 Å². The summed E-state index contributed by atoms with van der Waals surface area (Å²) in [6.45, 7) is 5.99. The van der Waals surface area contributed by atoms with E-state index in [1.54, 1.807) is 0 Å². The first-order chi connectivity index (χ1) is 8.22. The molecule has 1 rings (SSSR count). The summed E-state index contributed by atoms with van der Waals surface area (Å²) in [6, 6.07) is 0.532. The molecule has 1 aliphatic heterocycles. The van der Waals surface area contributed by atoms with Crippen LogP contribution < -0.4 is 5.32 Å². The van der Waals surface area contributed by atoms with E-state index in [-0.39, 0.29) is 5.97 Å². The molecule has 1 fully saturated rings. The molecule has 3 nitrogen and oxygen atoms in total. The highest BCUT2D eigenvalue weighted by Gasteiger charge is 2.14. The van der Waals surface area contributed by atoms with Gasteiger partial charge < -0.3 is 10.1 Å². The molecule has 17 heavy (non-hydrogen) atoms. The fourth-order valence-corrected chi connectivity index (χ4v) is 2.35. The van der Waals surface area contributed by atoms with Gasteiger partial charge in [0.25, 0.3) is 0 Å². The van der Waals surface area contributed by atoms with Crippen molar-refractivity contribution in [3.8, 4) is 0 Å². The quantitative estimate of drug-likeness (QED) is 0.697. The Bertz CT molecular complexity index is 212. The van der Waals surface area contributed by atoms with Crippen molar-refractivity contribution in [3.05, 3.63) is 0 Å². The summed E-state index contributed by atoms with van der Waals surface area (Å²) >= 11 is 0. The summed E-state index contributed by atoms with van der Waals surface area (Å²) in [7, 11) is 0. The standard InChI is InChI=1S/C14H27NO2/c1-3-6-12(2)11-17-14(16)9-8-13-7-4-5-10-15-13/h12-13,15H,3-11H2,1-2H3. The number of piperidine rings is 1. The molecule has 0 spiro atoms. The van der Waals surface area contributed by atoms with Crippen molar-refractivity contribution >= 4 is 5.97 Å². The van der Waals surface area contributed by atoms with E-state index in [9.17, 15) is 4.79 Å². The van der Waals surface area contributed by atoms with Crippen LogP contribution >= 0.6 is 0 Å². The molecule has 0 saturated carbocycles. The van der Waals surface area contributed by atoms with Crippen LogP contribution in [-0.2, 0) is 9.53 Å². The summed E-state index contributed by atoms with van der Waals surface area (Å²) < 4.78 is 5.28. The van der Waals surface area contributed by atoms with E-state index in [2.05, 4.69) is 19.2 Å². The lowest BCUT2D eigenvalue weighted by atomic mass is 10.0. The number of esters is 1. The Balaban J connectivity index is 2.04. The molecule has 0 aromatic heterocycles. The van der Waals surface area contributed by atoms with Crippen LogP contribution in [0.4, 0.5) is 0 Å². The maximum atomic E-state index is 11.5. The lowest BCUT2D eigenvalue weighted by Gasteiger charge is -2.23. The minimum atomic E-state index is -0.0275. The van der Waals surface area contributed by atoms with Gasteiger partial charge in [-0.15, -0.1) is 0 Å². The normalized spacial score (nSPS) is 22.1. The Kier molecular flexibility index (Phi) is 7.25. The molecule has 0 aromatic rings. The van der Waals surface area contributed by atoms with Gasteiger partial charge in [-0.05, 0) is 38.1 Å². The summed E-state index contributed by atoms with van der Waals surface area (Å²) in [6.07, 6.45) is 7.56. The summed E-state index contributed by atoms with van der Waals surface area (Å²) in [5.74, 6) is 0.470. The largest absolute Gasteiger partial charge is 0.465 e. The van der Waals surface area contributed by atoms with E-state index in [4.69, 9.17) is 4.74 Å². The van der Waals surface area contributed by atoms with Gasteiger partial charge in [0.15, 0.2) is 0 Å². The molecule has 0 bridgehead atoms. The average Bonchev–Trinajstić information content (AvgIpc) is 2.35. The topological polar surface area (TPSA) is 38.3 Å². The van der Waals surface area contributed by atoms with Gasteiger partial charge in [0.1, 0.15) is 0 Å². The Hall–Kier alpha value is -0.570. The van der Waals surface area contributed by atoms with Crippen molar-refractivity contribution in [2.75, 3.05) is 13.2 Å². The van der Waals surface area contributed by atoms with Crippen LogP contribution in [0.15, 0.2) is 0 Å². The van der Waals surface area contributed by atoms with Gasteiger partial charge in [0.2, 0.25) is 0 Å². The van der Waals surface area contributed by atoms with Crippen molar-refractivity contribution in [1.82, 2.24) is 5.32 Å². The molecule has 0 aliphatic carbocycles. The van der Waals surface area contributed by atoms with Crippen LogP contribution in [0, 0.1) is 5.92 Å². The van der Waals surface area contributed by atoms with Crippen LogP contribution in [0.1, 0.15) is 58.8 Å². The monoisotopic (exact) mass is 241 g/mol. The van der Waals surface area contributed by atoms with Gasteiger partial charge in [-0.3, -0.25) is 4.79 Å². The fourth-order valence-electron chi connectivity index (χ4n) is 2.35. The number of rotatable bonds is 7. The molecule has 2 atom stereocenters. The van der Waals surface area contributed by atoms with E-state index in [1.807, 2.05) is 0 Å². The third kappa shape index (κ3) is 6.67. The highest BCUT2D eigenvalue weighted by molar-refractivity contribution is 5.69. The third-order valence-corrected chi connectivity index (χ3v) is 3.42. The predicted molar refractivity (Wildman–Crippen MR) is 69.9 cm³/mol. The Morgan fingerprint density at radius 3 is 2.94 bits per heavy atom. The van der Waals surface area contributed by atoms with E-state index in [0.717, 1.165) is 25.8 Å². The zero-order valence-corrected chi connectivity index (χ0v) is 11.3. The van der Waals surface area contributed by atoms with Crippen LogP contribution in [0.2, 0.25) is 0 Å². The lowest BCUT2D eigenvalue weighted by Crippen LogP contribution is -2.34. The number of carbonyl (C=O) groups is 1. The lowest BCUT2D eigenvalue weighted by molar-refractivity contribution is -0.145. The molecule has 1 N–H and O–H groups in total. The zero-order chi connectivity index (χ0) is 12.5. The van der Waals surface area contributed by atoms with Gasteiger partial charge in [0.05, 0.1) is 6.61 Å². The molecule has 2 unspecified atom stereocenters. The second kappa shape index (κ2) is 8.51. The van der Waals surface area contributed by atoms with Gasteiger partial charge in [-0.1, -0.05) is 26.7 Å². The summed E-state index contributed by atoms with van der Waals surface area (Å²) in [5.41, 5.74) is 0. The number of hydrogen-bond donors (Lipinski definition) is 1. The van der Waals surface area contributed by atoms with Crippen molar-refractivity contribution in [2.45, 2.75) is 64.8 Å². The molecule has 100 valence electrons. The van der Waals surface area contributed by atoms with Crippen LogP contribution in [0.3, 0.4) is 0 Å². The first-order valence-corrected chi connectivity index (χ1v) is 7.11. The molecule has 0 radical (unpaired) electrons. The van der Waals surface area contributed by atoms with E-state index in [1.165, 1.54) is 19.3 Å². The SMILES string of the molecule is CCCC(C)COC(=O)CCC1CCCCN1. The third-order valence-electron chi connectivity index (χ3n) is 3.42. The number of carbonyl (C=O) groups excluding carboxylic acids is 1. The molecule has 3 heteroatoms. The molecule has 1 heterocycles. The minimum Gasteiger partial charge on any atom is -0.465 e. The second-order valence-corrected chi connectivity index (χ2v) is 5.26. The second-order valence-electron chi connectivity index (χ2n) is 5.26. The maximum Gasteiger partial charge on any atom is 0.305 e. The summed E-state index contributed by atoms with van der Waals surface area (Å²) in [4.78, 5) is 11.5. The highest BCUT2D eigenvalue weighted by Crippen LogP contribution is 2.12. The van der Waals surface area contributed by atoms with Crippen molar-refractivity contribution in [1.29, 1.82) is 0 Å². The van der Waals surface area contributed by atoms with E-state index in [0.29, 0.717) is 25.0 Å². The van der Waals surface area contributed by atoms with Crippen molar-refractivity contribution < 1.29 is 9.53 Å². The molecule has 1 aliphatic rings. The Labute approximate surface area is 105 Å². The Morgan fingerprint density at radius 1 is 1.47 bits per heavy atom. The number of nitrogens with one attached hydrogen (secondary N) is 1. The minimum absolute atomic E-state index is 0.0275. The van der Waals surface area contributed by atoms with Gasteiger partial charge in [-0.2, -0.15) is 0 Å². The molecule has 1 saturated heterocycles. The smallest absolute Gasteiger partial charge is 0.305 e. The highest BCUT2D eigenvalue weighted by atomic mass is 16.5. The molecule has 0 amide bonds. The molecule has 0 aromatic carbocycles. The van der Waals surface area contributed by atoms with Crippen molar-refractivity contribution in [2.24, 2.45) is 5.92 Å². The number of ether oxygens (including phenoxy) is 1. The Morgan fingerprint density at radius 2 is 2.29 bits per heavy atom. The van der Waals surface area contributed by atoms with Crippen LogP contribution in [0.5, 0.6) is 0 Å². The van der Waals surface area contributed by atoms with E-state index >= 15 is 0 Å². The molecular formula is C14H27NO2. The van der Waals surface area contributed by atoms with Crippen LogP contribution in [-0.4, -0.2) is 25.2 Å². The summed E-state index contributed by atoms with van der Waals surface area (Å²) in [5, 5.41) is 3.45. The van der Waals surface area contributed by atoms with Crippen molar-refractivity contribution in [3.63, 3.8) is 0 Å². The number of hydrogen-bond acceptors (Lipinski definition) is 3. The van der Waals surface area contributed by atoms with Gasteiger partial charge in [-0.25, -0.2) is 0 Å². The zero-order valence-electron chi connectivity index (χ0n) is 11.3. The van der Waals surface area contributed by atoms with Crippen LogP contribution in [0.25, 0.3) is 0 Å². The van der Waals surface area contributed by atoms with E-state index < -0.39 is 0 Å². The van der Waals surface area contributed by atoms with Gasteiger partial charge >= 0.3 is 5.97 Å². The first-order valence-electron chi connectivity index (χ1n) is 7.11. The fraction of sp³-hybridized carbons (Fsp3) is 0.929. The predicted octanol–water partition coefficient (Wildman–Crippen LogP) is 2.89.